The molecule has 1 aromatic carbocycles. The Balaban J connectivity index is 1.95. The number of anilines is 1. The quantitative estimate of drug-likeness (QED) is 0.754. The van der Waals surface area contributed by atoms with Crippen molar-refractivity contribution < 1.29 is 9.53 Å². The van der Waals surface area contributed by atoms with E-state index < -0.39 is 5.69 Å². The third-order valence-corrected chi connectivity index (χ3v) is 4.70. The Hall–Kier alpha value is -2.87. The molecule has 8 heteroatoms. The number of rotatable bonds is 5. The van der Waals surface area contributed by atoms with Gasteiger partial charge in [-0.15, -0.1) is 11.3 Å². The van der Waals surface area contributed by atoms with Crippen molar-refractivity contribution in [2.75, 3.05) is 12.4 Å². The van der Waals surface area contributed by atoms with Gasteiger partial charge in [0.05, 0.1) is 12.6 Å². The van der Waals surface area contributed by atoms with Crippen LogP contribution in [0.4, 0.5) is 5.69 Å². The lowest BCUT2D eigenvalue weighted by Crippen LogP contribution is -2.40. The minimum Gasteiger partial charge on any atom is -0.497 e. The number of hydrogen-bond acceptors (Lipinski definition) is 5. The van der Waals surface area contributed by atoms with Crippen LogP contribution in [-0.2, 0) is 17.9 Å². The minimum absolute atomic E-state index is 0.177. The van der Waals surface area contributed by atoms with Crippen molar-refractivity contribution in [2.45, 2.75) is 20.0 Å². The monoisotopic (exact) mass is 359 g/mol. The number of aromatic nitrogens is 2. The van der Waals surface area contributed by atoms with Gasteiger partial charge in [-0.05, 0) is 30.5 Å². The number of thiophene rings is 1. The lowest BCUT2D eigenvalue weighted by atomic mass is 10.3. The van der Waals surface area contributed by atoms with Crippen molar-refractivity contribution in [2.24, 2.45) is 0 Å². The van der Waals surface area contributed by atoms with Crippen LogP contribution in [0.2, 0.25) is 0 Å². The Morgan fingerprint density at radius 1 is 1.24 bits per heavy atom. The number of nitrogens with zero attached hydrogens (tertiary/aromatic N) is 2. The Bertz CT molecular complexity index is 1050. The van der Waals surface area contributed by atoms with E-state index in [4.69, 9.17) is 4.74 Å². The van der Waals surface area contributed by atoms with Crippen molar-refractivity contribution in [3.8, 4) is 5.75 Å². The molecule has 3 rings (SSSR count). The molecule has 0 aliphatic heterocycles. The highest BCUT2D eigenvalue weighted by atomic mass is 32.1. The first-order valence-corrected chi connectivity index (χ1v) is 8.58. The van der Waals surface area contributed by atoms with Gasteiger partial charge in [-0.2, -0.15) is 0 Å². The van der Waals surface area contributed by atoms with E-state index in [2.05, 4.69) is 5.32 Å². The second kappa shape index (κ2) is 6.94. The fourth-order valence-electron chi connectivity index (χ4n) is 2.61. The third-order valence-electron chi connectivity index (χ3n) is 3.81. The summed E-state index contributed by atoms with van der Waals surface area (Å²) in [5, 5.41) is 4.48. The van der Waals surface area contributed by atoms with Gasteiger partial charge in [0.15, 0.2) is 0 Å². The first kappa shape index (κ1) is 17.0. The molecule has 3 aromatic rings. The van der Waals surface area contributed by atoms with E-state index in [1.54, 1.807) is 49.7 Å². The molecule has 0 unspecified atom stereocenters. The zero-order valence-corrected chi connectivity index (χ0v) is 14.6. The molecule has 0 saturated heterocycles. The molecule has 0 aliphatic rings. The SMILES string of the molecule is CCn1c(=O)c2sccc2n(CC(=O)Nc2cccc(OC)c2)c1=O. The summed E-state index contributed by atoms with van der Waals surface area (Å²) in [5.74, 6) is 0.263. The molecule has 0 atom stereocenters. The number of carbonyl (C=O) groups excluding carboxylic acids is 1. The summed E-state index contributed by atoms with van der Waals surface area (Å²) < 4.78 is 8.05. The van der Waals surface area contributed by atoms with Gasteiger partial charge in [-0.3, -0.25) is 18.7 Å². The molecule has 7 nitrogen and oxygen atoms in total. The van der Waals surface area contributed by atoms with Gasteiger partial charge < -0.3 is 10.1 Å². The molecule has 0 fully saturated rings. The maximum Gasteiger partial charge on any atom is 0.331 e. The Morgan fingerprint density at radius 3 is 2.76 bits per heavy atom. The van der Waals surface area contributed by atoms with Crippen LogP contribution < -0.4 is 21.3 Å². The van der Waals surface area contributed by atoms with Crippen LogP contribution in [-0.4, -0.2) is 22.2 Å². The van der Waals surface area contributed by atoms with Gasteiger partial charge in [0.2, 0.25) is 5.91 Å². The normalized spacial score (nSPS) is 10.8. The van der Waals surface area contributed by atoms with Crippen LogP contribution in [0.25, 0.3) is 10.2 Å². The number of ether oxygens (including phenoxy) is 1. The molecule has 0 saturated carbocycles. The van der Waals surface area contributed by atoms with Crippen LogP contribution in [0.1, 0.15) is 6.92 Å². The molecule has 0 bridgehead atoms. The molecule has 1 amide bonds. The molecule has 2 heterocycles. The lowest BCUT2D eigenvalue weighted by molar-refractivity contribution is -0.116. The maximum atomic E-state index is 12.6. The molecule has 130 valence electrons. The van der Waals surface area contributed by atoms with Crippen LogP contribution in [0.5, 0.6) is 5.75 Å². The average Bonchev–Trinajstić information content (AvgIpc) is 3.09. The zero-order valence-electron chi connectivity index (χ0n) is 13.8. The maximum absolute atomic E-state index is 12.6. The fraction of sp³-hybridized carbons (Fsp3) is 0.235. The number of fused-ring (bicyclic) bond motifs is 1. The van der Waals surface area contributed by atoms with E-state index in [0.717, 1.165) is 4.57 Å². The molecule has 0 aliphatic carbocycles. The van der Waals surface area contributed by atoms with Gasteiger partial charge in [0, 0.05) is 18.3 Å². The van der Waals surface area contributed by atoms with E-state index in [1.165, 1.54) is 15.9 Å². The number of benzene rings is 1. The number of nitrogens with one attached hydrogen (secondary N) is 1. The van der Waals surface area contributed by atoms with Crippen molar-refractivity contribution in [3.63, 3.8) is 0 Å². The first-order chi connectivity index (χ1) is 12.0. The summed E-state index contributed by atoms with van der Waals surface area (Å²) in [5.41, 5.74) is 0.245. The molecular formula is C17H17N3O4S. The highest BCUT2D eigenvalue weighted by Gasteiger charge is 2.15. The largest absolute Gasteiger partial charge is 0.497 e. The third kappa shape index (κ3) is 3.20. The van der Waals surface area contributed by atoms with Gasteiger partial charge in [-0.25, -0.2) is 4.79 Å². The topological polar surface area (TPSA) is 82.3 Å². The Labute approximate surface area is 147 Å². The smallest absolute Gasteiger partial charge is 0.331 e. The van der Waals surface area contributed by atoms with E-state index in [0.29, 0.717) is 21.7 Å². The average molecular weight is 359 g/mol. The second-order valence-corrected chi connectivity index (χ2v) is 6.25. The summed E-state index contributed by atoms with van der Waals surface area (Å²) >= 11 is 1.26. The first-order valence-electron chi connectivity index (χ1n) is 7.70. The van der Waals surface area contributed by atoms with Crippen molar-refractivity contribution in [1.82, 2.24) is 9.13 Å². The van der Waals surface area contributed by atoms with Gasteiger partial charge in [0.25, 0.3) is 5.56 Å². The lowest BCUT2D eigenvalue weighted by Gasteiger charge is -2.11. The highest BCUT2D eigenvalue weighted by Crippen LogP contribution is 2.18. The minimum atomic E-state index is -0.487. The highest BCUT2D eigenvalue weighted by molar-refractivity contribution is 7.17. The molecular weight excluding hydrogens is 342 g/mol. The van der Waals surface area contributed by atoms with Crippen LogP contribution >= 0.6 is 11.3 Å². The molecule has 25 heavy (non-hydrogen) atoms. The molecule has 1 N–H and O–H groups in total. The predicted molar refractivity (Wildman–Crippen MR) is 97.6 cm³/mol. The van der Waals surface area contributed by atoms with Gasteiger partial charge >= 0.3 is 5.69 Å². The van der Waals surface area contributed by atoms with E-state index in [1.807, 2.05) is 0 Å². The number of carbonyl (C=O) groups is 1. The fourth-order valence-corrected chi connectivity index (χ4v) is 3.45. The van der Waals surface area contributed by atoms with Gasteiger partial charge in [-0.1, -0.05) is 6.07 Å². The van der Waals surface area contributed by atoms with E-state index in [-0.39, 0.29) is 24.6 Å². The summed E-state index contributed by atoms with van der Waals surface area (Å²) in [6, 6.07) is 8.63. The molecule has 2 aromatic heterocycles. The summed E-state index contributed by atoms with van der Waals surface area (Å²) in [7, 11) is 1.54. The van der Waals surface area contributed by atoms with Crippen LogP contribution in [0, 0.1) is 0 Å². The van der Waals surface area contributed by atoms with E-state index in [9.17, 15) is 14.4 Å². The molecule has 0 spiro atoms. The number of amides is 1. The number of hydrogen-bond donors (Lipinski definition) is 1. The van der Waals surface area contributed by atoms with Crippen molar-refractivity contribution >= 4 is 33.1 Å². The second-order valence-electron chi connectivity index (χ2n) is 5.33. The van der Waals surface area contributed by atoms with E-state index >= 15 is 0 Å². The van der Waals surface area contributed by atoms with Crippen LogP contribution in [0.15, 0.2) is 45.3 Å². The zero-order chi connectivity index (χ0) is 18.0. The summed E-state index contributed by atoms with van der Waals surface area (Å²) in [6.07, 6.45) is 0. The standard InChI is InChI=1S/C17H17N3O4S/c1-3-19-16(22)15-13(7-8-25-15)20(17(19)23)10-14(21)18-11-5-4-6-12(9-11)24-2/h4-9H,3,10H2,1-2H3,(H,18,21). The summed E-state index contributed by atoms with van der Waals surface area (Å²) in [6.45, 7) is 1.80. The van der Waals surface area contributed by atoms with Crippen LogP contribution in [0.3, 0.4) is 0 Å². The van der Waals surface area contributed by atoms with Crippen molar-refractivity contribution in [3.05, 3.63) is 56.5 Å². The Morgan fingerprint density at radius 2 is 2.04 bits per heavy atom. The Kier molecular flexibility index (Phi) is 4.71. The molecule has 0 radical (unpaired) electrons. The predicted octanol–water partition coefficient (Wildman–Crippen LogP) is 1.89. The summed E-state index contributed by atoms with van der Waals surface area (Å²) in [4.78, 5) is 37.2. The van der Waals surface area contributed by atoms with Gasteiger partial charge in [0.1, 0.15) is 17.0 Å². The van der Waals surface area contributed by atoms with Crippen molar-refractivity contribution in [1.29, 1.82) is 0 Å². The number of methoxy groups -OCH3 is 1.